The number of hydrogen-bond donors (Lipinski definition) is 0. The highest BCUT2D eigenvalue weighted by atomic mass is 19.1. The maximum atomic E-state index is 13.2. The SMILES string of the molecule is C[C@H](Cc1nc(Cc2cnccn2)cc(N2CC(C#N)C2)n1)c1ccc(F)cc1. The minimum absolute atomic E-state index is 0.0509. The predicted octanol–water partition coefficient (Wildman–Crippen LogP) is 3.30. The first kappa shape index (κ1) is 18.9. The topological polar surface area (TPSA) is 78.6 Å². The van der Waals surface area contributed by atoms with Crippen molar-refractivity contribution < 1.29 is 4.39 Å². The van der Waals surface area contributed by atoms with Gasteiger partial charge < -0.3 is 4.90 Å². The van der Waals surface area contributed by atoms with Crippen LogP contribution in [-0.4, -0.2) is 33.0 Å². The molecule has 0 spiro atoms. The fraction of sp³-hybridized carbons (Fsp3) is 0.318. The van der Waals surface area contributed by atoms with E-state index in [0.29, 0.717) is 25.9 Å². The third-order valence-electron chi connectivity index (χ3n) is 5.11. The monoisotopic (exact) mass is 388 g/mol. The molecule has 1 aliphatic rings. The lowest BCUT2D eigenvalue weighted by Gasteiger charge is -2.36. The first-order valence-electron chi connectivity index (χ1n) is 9.62. The van der Waals surface area contributed by atoms with Crippen LogP contribution in [0.4, 0.5) is 10.2 Å². The second-order valence-electron chi connectivity index (χ2n) is 7.39. The maximum absolute atomic E-state index is 13.2. The molecule has 29 heavy (non-hydrogen) atoms. The zero-order chi connectivity index (χ0) is 20.2. The molecule has 6 nitrogen and oxygen atoms in total. The Morgan fingerprint density at radius 2 is 1.97 bits per heavy atom. The first-order valence-corrected chi connectivity index (χ1v) is 9.62. The van der Waals surface area contributed by atoms with Crippen LogP contribution in [0.15, 0.2) is 48.9 Å². The van der Waals surface area contributed by atoms with Gasteiger partial charge in [0.25, 0.3) is 0 Å². The van der Waals surface area contributed by atoms with Crippen LogP contribution in [0.2, 0.25) is 0 Å². The van der Waals surface area contributed by atoms with Crippen LogP contribution < -0.4 is 4.90 Å². The smallest absolute Gasteiger partial charge is 0.132 e. The van der Waals surface area contributed by atoms with E-state index in [4.69, 9.17) is 15.2 Å². The Balaban J connectivity index is 1.58. The molecule has 0 saturated carbocycles. The Labute approximate surface area is 169 Å². The van der Waals surface area contributed by atoms with Crippen molar-refractivity contribution in [3.8, 4) is 6.07 Å². The Hall–Kier alpha value is -3.40. The molecule has 0 bridgehead atoms. The van der Waals surface area contributed by atoms with E-state index in [1.165, 1.54) is 12.1 Å². The summed E-state index contributed by atoms with van der Waals surface area (Å²) in [5, 5.41) is 9.07. The standard InChI is InChI=1S/C22H21FN6/c1-15(17-2-4-18(23)5-3-17)8-21-27-19(9-20-12-25-6-7-26-20)10-22(28-21)29-13-16(11-24)14-29/h2-7,10,12,15-16H,8-9,13-14H2,1H3/t15-/m1/s1. The summed E-state index contributed by atoms with van der Waals surface area (Å²) < 4.78 is 13.2. The van der Waals surface area contributed by atoms with Crippen LogP contribution in [-0.2, 0) is 12.8 Å². The molecule has 3 heterocycles. The summed E-state index contributed by atoms with van der Waals surface area (Å²) in [6.07, 6.45) is 6.26. The van der Waals surface area contributed by atoms with Gasteiger partial charge in [0.05, 0.1) is 23.4 Å². The lowest BCUT2D eigenvalue weighted by atomic mass is 9.97. The van der Waals surface area contributed by atoms with Crippen LogP contribution in [0, 0.1) is 23.1 Å². The molecule has 0 radical (unpaired) electrons. The second kappa shape index (κ2) is 8.31. The van der Waals surface area contributed by atoms with Crippen LogP contribution in [0.1, 0.15) is 35.6 Å². The number of aromatic nitrogens is 4. The van der Waals surface area contributed by atoms with Gasteiger partial charge >= 0.3 is 0 Å². The average Bonchev–Trinajstić information content (AvgIpc) is 2.68. The van der Waals surface area contributed by atoms with Crippen molar-refractivity contribution in [1.82, 2.24) is 19.9 Å². The van der Waals surface area contributed by atoms with E-state index in [1.54, 1.807) is 30.7 Å². The fourth-order valence-corrected chi connectivity index (χ4v) is 3.42. The van der Waals surface area contributed by atoms with Gasteiger partial charge in [-0.2, -0.15) is 5.26 Å². The van der Waals surface area contributed by atoms with E-state index in [-0.39, 0.29) is 17.7 Å². The number of hydrogen-bond acceptors (Lipinski definition) is 6. The molecule has 4 rings (SSSR count). The van der Waals surface area contributed by atoms with Gasteiger partial charge in [0.15, 0.2) is 0 Å². The van der Waals surface area contributed by atoms with Crippen molar-refractivity contribution in [2.45, 2.75) is 25.7 Å². The molecule has 146 valence electrons. The normalized spacial score (nSPS) is 14.9. The molecule has 1 saturated heterocycles. The summed E-state index contributed by atoms with van der Waals surface area (Å²) in [7, 11) is 0. The van der Waals surface area contributed by atoms with E-state index >= 15 is 0 Å². The highest BCUT2D eigenvalue weighted by molar-refractivity contribution is 5.44. The van der Waals surface area contributed by atoms with Gasteiger partial charge in [-0.15, -0.1) is 0 Å². The molecule has 7 heteroatoms. The molecular weight excluding hydrogens is 367 g/mol. The largest absolute Gasteiger partial charge is 0.354 e. The minimum Gasteiger partial charge on any atom is -0.354 e. The number of anilines is 1. The van der Waals surface area contributed by atoms with Gasteiger partial charge in [-0.25, -0.2) is 14.4 Å². The Bertz CT molecular complexity index is 1010. The van der Waals surface area contributed by atoms with E-state index in [2.05, 4.69) is 27.9 Å². The van der Waals surface area contributed by atoms with Gasteiger partial charge in [-0.1, -0.05) is 19.1 Å². The highest BCUT2D eigenvalue weighted by Crippen LogP contribution is 2.25. The number of halogens is 1. The van der Waals surface area contributed by atoms with Crippen molar-refractivity contribution in [1.29, 1.82) is 5.26 Å². The quantitative estimate of drug-likeness (QED) is 0.645. The lowest BCUT2D eigenvalue weighted by Crippen LogP contribution is -2.46. The van der Waals surface area contributed by atoms with Gasteiger partial charge in [-0.05, 0) is 23.6 Å². The fourth-order valence-electron chi connectivity index (χ4n) is 3.42. The summed E-state index contributed by atoms with van der Waals surface area (Å²) in [6, 6.07) is 10.8. The molecule has 0 amide bonds. The average molecular weight is 388 g/mol. The Morgan fingerprint density at radius 1 is 1.17 bits per heavy atom. The Kier molecular flexibility index (Phi) is 5.43. The number of nitrogens with zero attached hydrogens (tertiary/aromatic N) is 6. The number of nitriles is 1. The van der Waals surface area contributed by atoms with Crippen molar-refractivity contribution in [2.24, 2.45) is 5.92 Å². The van der Waals surface area contributed by atoms with Gasteiger partial charge in [0.1, 0.15) is 17.5 Å². The highest BCUT2D eigenvalue weighted by Gasteiger charge is 2.28. The van der Waals surface area contributed by atoms with E-state index in [0.717, 1.165) is 28.6 Å². The van der Waals surface area contributed by atoms with Crippen LogP contribution >= 0.6 is 0 Å². The molecule has 1 fully saturated rings. The third-order valence-corrected chi connectivity index (χ3v) is 5.11. The number of benzene rings is 1. The summed E-state index contributed by atoms with van der Waals surface area (Å²) >= 11 is 0. The predicted molar refractivity (Wildman–Crippen MR) is 107 cm³/mol. The molecule has 0 aliphatic carbocycles. The zero-order valence-corrected chi connectivity index (χ0v) is 16.2. The number of rotatable bonds is 6. The first-order chi connectivity index (χ1) is 14.1. The molecule has 0 N–H and O–H groups in total. The molecule has 0 unspecified atom stereocenters. The van der Waals surface area contributed by atoms with Crippen LogP contribution in [0.5, 0.6) is 0 Å². The molecule has 1 atom stereocenters. The minimum atomic E-state index is -0.240. The van der Waals surface area contributed by atoms with Gasteiger partial charge in [-0.3, -0.25) is 9.97 Å². The van der Waals surface area contributed by atoms with E-state index in [9.17, 15) is 4.39 Å². The van der Waals surface area contributed by atoms with Crippen molar-refractivity contribution in [3.63, 3.8) is 0 Å². The molecular formula is C22H21FN6. The van der Waals surface area contributed by atoms with Gasteiger partial charge in [0.2, 0.25) is 0 Å². The van der Waals surface area contributed by atoms with Crippen LogP contribution in [0.25, 0.3) is 0 Å². The summed E-state index contributed by atoms with van der Waals surface area (Å²) in [6.45, 7) is 3.46. The summed E-state index contributed by atoms with van der Waals surface area (Å²) in [5.41, 5.74) is 2.76. The van der Waals surface area contributed by atoms with Crippen molar-refractivity contribution >= 4 is 5.82 Å². The second-order valence-corrected chi connectivity index (χ2v) is 7.39. The Morgan fingerprint density at radius 3 is 2.66 bits per heavy atom. The maximum Gasteiger partial charge on any atom is 0.132 e. The van der Waals surface area contributed by atoms with Crippen molar-refractivity contribution in [3.05, 3.63) is 77.5 Å². The van der Waals surface area contributed by atoms with Crippen LogP contribution in [0.3, 0.4) is 0 Å². The molecule has 2 aromatic heterocycles. The van der Waals surface area contributed by atoms with Crippen molar-refractivity contribution in [2.75, 3.05) is 18.0 Å². The van der Waals surface area contributed by atoms with E-state index in [1.807, 2.05) is 6.07 Å². The molecule has 1 aliphatic heterocycles. The zero-order valence-electron chi connectivity index (χ0n) is 16.2. The summed E-state index contributed by atoms with van der Waals surface area (Å²) in [4.78, 5) is 20.1. The van der Waals surface area contributed by atoms with Gasteiger partial charge in [0, 0.05) is 50.6 Å². The third kappa shape index (κ3) is 4.54. The molecule has 3 aromatic rings. The summed E-state index contributed by atoms with van der Waals surface area (Å²) in [5.74, 6) is 1.54. The molecule has 1 aromatic carbocycles. The van der Waals surface area contributed by atoms with E-state index < -0.39 is 0 Å². The lowest BCUT2D eigenvalue weighted by molar-refractivity contribution is 0.497.